The summed E-state index contributed by atoms with van der Waals surface area (Å²) < 4.78 is 0. The molecular weight excluding hydrogens is 272 g/mol. The highest BCUT2D eigenvalue weighted by molar-refractivity contribution is 7.98. The van der Waals surface area contributed by atoms with E-state index in [0.717, 1.165) is 5.75 Å². The van der Waals surface area contributed by atoms with Gasteiger partial charge < -0.3 is 10.6 Å². The normalized spacial score (nSPS) is 12.0. The molecule has 0 aliphatic carbocycles. The zero-order valence-electron chi connectivity index (χ0n) is 12.2. The lowest BCUT2D eigenvalue weighted by atomic mass is 10.1. The molecule has 0 unspecified atom stereocenters. The van der Waals surface area contributed by atoms with Crippen molar-refractivity contribution in [3.8, 4) is 0 Å². The molecule has 1 atom stereocenters. The van der Waals surface area contributed by atoms with E-state index in [4.69, 9.17) is 0 Å². The quantitative estimate of drug-likeness (QED) is 0.809. The van der Waals surface area contributed by atoms with Crippen LogP contribution in [0.3, 0.4) is 0 Å². The van der Waals surface area contributed by atoms with E-state index in [-0.39, 0.29) is 17.9 Å². The van der Waals surface area contributed by atoms with Gasteiger partial charge in [-0.05, 0) is 44.4 Å². The van der Waals surface area contributed by atoms with E-state index in [0.29, 0.717) is 12.0 Å². The summed E-state index contributed by atoms with van der Waals surface area (Å²) in [6, 6.07) is 8.52. The second kappa shape index (κ2) is 8.64. The van der Waals surface area contributed by atoms with Crippen molar-refractivity contribution in [1.82, 2.24) is 10.6 Å². The largest absolute Gasteiger partial charge is 0.352 e. The maximum absolute atomic E-state index is 12.1. The van der Waals surface area contributed by atoms with Gasteiger partial charge in [0, 0.05) is 11.6 Å². The van der Waals surface area contributed by atoms with E-state index in [2.05, 4.69) is 10.6 Å². The van der Waals surface area contributed by atoms with Crippen molar-refractivity contribution in [2.45, 2.75) is 32.4 Å². The first kappa shape index (κ1) is 16.6. The molecule has 0 spiro atoms. The topological polar surface area (TPSA) is 58.2 Å². The van der Waals surface area contributed by atoms with Crippen LogP contribution in [-0.4, -0.2) is 35.9 Å². The summed E-state index contributed by atoms with van der Waals surface area (Å²) >= 11 is 1.66. The van der Waals surface area contributed by atoms with Gasteiger partial charge in [-0.15, -0.1) is 0 Å². The van der Waals surface area contributed by atoms with Crippen LogP contribution in [-0.2, 0) is 4.79 Å². The molecule has 2 N–H and O–H groups in total. The third kappa shape index (κ3) is 5.65. The summed E-state index contributed by atoms with van der Waals surface area (Å²) in [6.07, 6.45) is 2.61. The van der Waals surface area contributed by atoms with Crippen LogP contribution in [0.1, 0.15) is 30.6 Å². The Hall–Kier alpha value is -1.49. The van der Waals surface area contributed by atoms with Crippen LogP contribution < -0.4 is 10.6 Å². The van der Waals surface area contributed by atoms with Crippen LogP contribution in [0.15, 0.2) is 30.3 Å². The van der Waals surface area contributed by atoms with Crippen molar-refractivity contribution in [2.75, 3.05) is 12.0 Å². The lowest BCUT2D eigenvalue weighted by Crippen LogP contribution is -2.48. The number of hydrogen-bond donors (Lipinski definition) is 2. The summed E-state index contributed by atoms with van der Waals surface area (Å²) in [4.78, 5) is 24.2. The second-order valence-electron chi connectivity index (χ2n) is 4.84. The van der Waals surface area contributed by atoms with Crippen molar-refractivity contribution >= 4 is 23.6 Å². The fourth-order valence-corrected chi connectivity index (χ4v) is 2.19. The maximum atomic E-state index is 12.1. The summed E-state index contributed by atoms with van der Waals surface area (Å²) in [5, 5.41) is 5.65. The van der Waals surface area contributed by atoms with E-state index in [1.54, 1.807) is 36.0 Å². The average molecular weight is 294 g/mol. The SMILES string of the molecule is CSCC[C@H](NC(=O)c1ccccc1)C(=O)NC(C)C. The molecule has 0 saturated heterocycles. The van der Waals surface area contributed by atoms with Crippen LogP contribution in [0.2, 0.25) is 0 Å². The first-order valence-corrected chi connectivity index (χ1v) is 8.09. The zero-order valence-corrected chi connectivity index (χ0v) is 13.0. The van der Waals surface area contributed by atoms with Gasteiger partial charge in [-0.1, -0.05) is 18.2 Å². The molecule has 5 heteroatoms. The molecule has 1 aromatic carbocycles. The fraction of sp³-hybridized carbons (Fsp3) is 0.467. The number of rotatable bonds is 7. The number of carbonyl (C=O) groups excluding carboxylic acids is 2. The van der Waals surface area contributed by atoms with Crippen molar-refractivity contribution in [2.24, 2.45) is 0 Å². The van der Waals surface area contributed by atoms with Crippen molar-refractivity contribution in [1.29, 1.82) is 0 Å². The van der Waals surface area contributed by atoms with Gasteiger partial charge in [0.2, 0.25) is 5.91 Å². The molecule has 0 bridgehead atoms. The average Bonchev–Trinajstić information content (AvgIpc) is 2.43. The van der Waals surface area contributed by atoms with Gasteiger partial charge in [-0.2, -0.15) is 11.8 Å². The van der Waals surface area contributed by atoms with Crippen LogP contribution in [0.5, 0.6) is 0 Å². The van der Waals surface area contributed by atoms with E-state index in [1.165, 1.54) is 0 Å². The molecule has 0 aromatic heterocycles. The molecule has 0 aliphatic heterocycles. The molecule has 4 nitrogen and oxygen atoms in total. The minimum Gasteiger partial charge on any atom is -0.352 e. The number of hydrogen-bond acceptors (Lipinski definition) is 3. The Balaban J connectivity index is 2.68. The highest BCUT2D eigenvalue weighted by Gasteiger charge is 2.21. The monoisotopic (exact) mass is 294 g/mol. The molecule has 0 saturated carbocycles. The highest BCUT2D eigenvalue weighted by Crippen LogP contribution is 2.04. The first-order chi connectivity index (χ1) is 9.54. The van der Waals surface area contributed by atoms with Crippen LogP contribution in [0.25, 0.3) is 0 Å². The first-order valence-electron chi connectivity index (χ1n) is 6.69. The van der Waals surface area contributed by atoms with Gasteiger partial charge in [0.25, 0.3) is 5.91 Å². The number of carbonyl (C=O) groups is 2. The summed E-state index contributed by atoms with van der Waals surface area (Å²) in [6.45, 7) is 3.81. The lowest BCUT2D eigenvalue weighted by Gasteiger charge is -2.19. The smallest absolute Gasteiger partial charge is 0.251 e. The van der Waals surface area contributed by atoms with Gasteiger partial charge in [-0.25, -0.2) is 0 Å². The summed E-state index contributed by atoms with van der Waals surface area (Å²) in [7, 11) is 0. The Kier molecular flexibility index (Phi) is 7.15. The van der Waals surface area contributed by atoms with Gasteiger partial charge >= 0.3 is 0 Å². The van der Waals surface area contributed by atoms with Crippen LogP contribution >= 0.6 is 11.8 Å². The van der Waals surface area contributed by atoms with Crippen molar-refractivity contribution in [3.05, 3.63) is 35.9 Å². The maximum Gasteiger partial charge on any atom is 0.251 e. The molecule has 20 heavy (non-hydrogen) atoms. The third-order valence-corrected chi connectivity index (χ3v) is 3.34. The van der Waals surface area contributed by atoms with Crippen LogP contribution in [0, 0.1) is 0 Å². The number of nitrogens with one attached hydrogen (secondary N) is 2. The Morgan fingerprint density at radius 2 is 1.80 bits per heavy atom. The minimum atomic E-state index is -0.488. The molecular formula is C15H22N2O2S. The Morgan fingerprint density at radius 1 is 1.15 bits per heavy atom. The Labute approximate surface area is 124 Å². The van der Waals surface area contributed by atoms with E-state index >= 15 is 0 Å². The lowest BCUT2D eigenvalue weighted by molar-refractivity contribution is -0.123. The minimum absolute atomic E-state index is 0.0629. The predicted molar refractivity (Wildman–Crippen MR) is 84.0 cm³/mol. The second-order valence-corrected chi connectivity index (χ2v) is 5.82. The standard InChI is InChI=1S/C15H22N2O2S/c1-11(2)16-15(19)13(9-10-20-3)17-14(18)12-7-5-4-6-8-12/h4-8,11,13H,9-10H2,1-3H3,(H,16,19)(H,17,18)/t13-/m0/s1. The van der Waals surface area contributed by atoms with Gasteiger partial charge in [-0.3, -0.25) is 9.59 Å². The number of amides is 2. The molecule has 0 aliphatic rings. The molecule has 0 heterocycles. The molecule has 0 fully saturated rings. The van der Waals surface area contributed by atoms with Gasteiger partial charge in [0.15, 0.2) is 0 Å². The van der Waals surface area contributed by atoms with E-state index in [9.17, 15) is 9.59 Å². The molecule has 0 radical (unpaired) electrons. The number of benzene rings is 1. The molecule has 2 amide bonds. The number of thioether (sulfide) groups is 1. The van der Waals surface area contributed by atoms with Crippen molar-refractivity contribution in [3.63, 3.8) is 0 Å². The van der Waals surface area contributed by atoms with Crippen LogP contribution in [0.4, 0.5) is 0 Å². The summed E-state index contributed by atoms with van der Waals surface area (Å²) in [5.74, 6) is 0.486. The third-order valence-electron chi connectivity index (χ3n) is 2.70. The Morgan fingerprint density at radius 3 is 2.35 bits per heavy atom. The summed E-state index contributed by atoms with van der Waals surface area (Å²) in [5.41, 5.74) is 0.569. The Bertz CT molecular complexity index is 435. The highest BCUT2D eigenvalue weighted by atomic mass is 32.2. The van der Waals surface area contributed by atoms with E-state index < -0.39 is 6.04 Å². The van der Waals surface area contributed by atoms with E-state index in [1.807, 2.05) is 26.2 Å². The predicted octanol–water partition coefficient (Wildman–Crippen LogP) is 2.06. The van der Waals surface area contributed by atoms with Gasteiger partial charge in [0.05, 0.1) is 0 Å². The molecule has 110 valence electrons. The molecule has 1 aromatic rings. The van der Waals surface area contributed by atoms with Gasteiger partial charge in [0.1, 0.15) is 6.04 Å². The molecule has 1 rings (SSSR count). The van der Waals surface area contributed by atoms with Crippen molar-refractivity contribution < 1.29 is 9.59 Å². The fourth-order valence-electron chi connectivity index (χ4n) is 1.72. The zero-order chi connectivity index (χ0) is 15.0.